The van der Waals surface area contributed by atoms with E-state index in [0.29, 0.717) is 0 Å². The van der Waals surface area contributed by atoms with Gasteiger partial charge in [-0.05, 0) is 55.5 Å². The molecule has 18 heavy (non-hydrogen) atoms. The zero-order valence-electron chi connectivity index (χ0n) is 11.5. The summed E-state index contributed by atoms with van der Waals surface area (Å²) in [6.07, 6.45) is 3.25. The second-order valence-corrected chi connectivity index (χ2v) is 6.43. The predicted octanol–water partition coefficient (Wildman–Crippen LogP) is 4.55. The van der Waals surface area contributed by atoms with E-state index >= 15 is 0 Å². The second-order valence-electron chi connectivity index (χ2n) is 5.58. The standard InChI is InChI=1S/C15H23BrFN/c1-4-8-18-9-7-15(2,3)11-12-5-6-13(17)10-14(12)16/h5-6,10,18H,4,7-9,11H2,1-3H3. The summed E-state index contributed by atoms with van der Waals surface area (Å²) < 4.78 is 13.9. The molecule has 1 aromatic rings. The highest BCUT2D eigenvalue weighted by Crippen LogP contribution is 2.29. The quantitative estimate of drug-likeness (QED) is 0.728. The van der Waals surface area contributed by atoms with Gasteiger partial charge >= 0.3 is 0 Å². The molecule has 1 nitrogen and oxygen atoms in total. The summed E-state index contributed by atoms with van der Waals surface area (Å²) in [7, 11) is 0. The summed E-state index contributed by atoms with van der Waals surface area (Å²) >= 11 is 3.44. The zero-order valence-corrected chi connectivity index (χ0v) is 13.1. The molecule has 0 spiro atoms. The SMILES string of the molecule is CCCNCCC(C)(C)Cc1ccc(F)cc1Br. The van der Waals surface area contributed by atoms with E-state index in [0.717, 1.165) is 30.4 Å². The number of halogens is 2. The van der Waals surface area contributed by atoms with Crippen LogP contribution in [0.2, 0.25) is 0 Å². The summed E-state index contributed by atoms with van der Waals surface area (Å²) in [4.78, 5) is 0. The van der Waals surface area contributed by atoms with Crippen molar-refractivity contribution < 1.29 is 4.39 Å². The summed E-state index contributed by atoms with van der Waals surface area (Å²) in [6, 6.07) is 4.95. The van der Waals surface area contributed by atoms with Crippen LogP contribution >= 0.6 is 15.9 Å². The van der Waals surface area contributed by atoms with Crippen LogP contribution in [0.4, 0.5) is 4.39 Å². The minimum Gasteiger partial charge on any atom is -0.317 e. The van der Waals surface area contributed by atoms with Crippen molar-refractivity contribution in [3.8, 4) is 0 Å². The highest BCUT2D eigenvalue weighted by atomic mass is 79.9. The zero-order chi connectivity index (χ0) is 13.6. The molecule has 0 heterocycles. The van der Waals surface area contributed by atoms with Crippen molar-refractivity contribution in [2.75, 3.05) is 13.1 Å². The van der Waals surface area contributed by atoms with Crippen molar-refractivity contribution in [2.24, 2.45) is 5.41 Å². The molecular formula is C15H23BrFN. The van der Waals surface area contributed by atoms with Gasteiger partial charge in [0.1, 0.15) is 5.82 Å². The summed E-state index contributed by atoms with van der Waals surface area (Å²) in [5, 5.41) is 3.43. The van der Waals surface area contributed by atoms with Crippen molar-refractivity contribution >= 4 is 15.9 Å². The molecule has 0 atom stereocenters. The molecule has 1 rings (SSSR count). The third-order valence-electron chi connectivity index (χ3n) is 3.09. The second kappa shape index (κ2) is 7.25. The topological polar surface area (TPSA) is 12.0 Å². The van der Waals surface area contributed by atoms with Gasteiger partial charge in [0.25, 0.3) is 0 Å². The fraction of sp³-hybridized carbons (Fsp3) is 0.600. The Morgan fingerprint density at radius 3 is 2.61 bits per heavy atom. The number of hydrogen-bond donors (Lipinski definition) is 1. The van der Waals surface area contributed by atoms with Crippen LogP contribution in [-0.4, -0.2) is 13.1 Å². The predicted molar refractivity (Wildman–Crippen MR) is 79.4 cm³/mol. The minimum atomic E-state index is -0.187. The Balaban J connectivity index is 2.53. The molecule has 0 radical (unpaired) electrons. The molecule has 102 valence electrons. The highest BCUT2D eigenvalue weighted by Gasteiger charge is 2.19. The van der Waals surface area contributed by atoms with Crippen LogP contribution in [0, 0.1) is 11.2 Å². The summed E-state index contributed by atoms with van der Waals surface area (Å²) in [6.45, 7) is 8.82. The van der Waals surface area contributed by atoms with Gasteiger partial charge in [-0.15, -0.1) is 0 Å². The number of hydrogen-bond acceptors (Lipinski definition) is 1. The van der Waals surface area contributed by atoms with E-state index in [1.165, 1.54) is 18.1 Å². The average molecular weight is 316 g/mol. The monoisotopic (exact) mass is 315 g/mol. The molecule has 0 amide bonds. The fourth-order valence-electron chi connectivity index (χ4n) is 2.00. The first-order valence-electron chi connectivity index (χ1n) is 6.59. The van der Waals surface area contributed by atoms with Crippen LogP contribution in [-0.2, 0) is 6.42 Å². The van der Waals surface area contributed by atoms with Gasteiger partial charge in [0.2, 0.25) is 0 Å². The maximum atomic E-state index is 13.0. The molecule has 0 aliphatic rings. The Morgan fingerprint density at radius 2 is 2.00 bits per heavy atom. The lowest BCUT2D eigenvalue weighted by Crippen LogP contribution is -2.24. The van der Waals surface area contributed by atoms with E-state index in [2.05, 4.69) is 42.0 Å². The van der Waals surface area contributed by atoms with Gasteiger partial charge in [0, 0.05) is 4.47 Å². The van der Waals surface area contributed by atoms with Crippen LogP contribution in [0.25, 0.3) is 0 Å². The van der Waals surface area contributed by atoms with E-state index in [4.69, 9.17) is 0 Å². The summed E-state index contributed by atoms with van der Waals surface area (Å²) in [5.41, 5.74) is 1.40. The van der Waals surface area contributed by atoms with Crippen LogP contribution in [0.15, 0.2) is 22.7 Å². The molecule has 1 N–H and O–H groups in total. The molecule has 0 fully saturated rings. The van der Waals surface area contributed by atoms with Crippen molar-refractivity contribution in [2.45, 2.75) is 40.0 Å². The van der Waals surface area contributed by atoms with Crippen LogP contribution in [0.3, 0.4) is 0 Å². The average Bonchev–Trinajstić information content (AvgIpc) is 2.28. The largest absolute Gasteiger partial charge is 0.317 e. The normalized spacial score (nSPS) is 11.8. The summed E-state index contributed by atoms with van der Waals surface area (Å²) in [5.74, 6) is -0.187. The Labute approximate surface area is 118 Å². The Morgan fingerprint density at radius 1 is 1.28 bits per heavy atom. The van der Waals surface area contributed by atoms with Gasteiger partial charge in [-0.1, -0.05) is 42.8 Å². The molecule has 0 saturated carbocycles. The fourth-order valence-corrected chi connectivity index (χ4v) is 2.49. The van der Waals surface area contributed by atoms with Crippen molar-refractivity contribution in [3.05, 3.63) is 34.1 Å². The lowest BCUT2D eigenvalue weighted by molar-refractivity contribution is 0.325. The van der Waals surface area contributed by atoms with E-state index in [1.807, 2.05) is 6.07 Å². The molecule has 1 aromatic carbocycles. The van der Waals surface area contributed by atoms with Crippen molar-refractivity contribution in [3.63, 3.8) is 0 Å². The molecule has 0 unspecified atom stereocenters. The van der Waals surface area contributed by atoms with E-state index in [1.54, 1.807) is 6.07 Å². The maximum Gasteiger partial charge on any atom is 0.124 e. The van der Waals surface area contributed by atoms with Gasteiger partial charge < -0.3 is 5.32 Å². The maximum absolute atomic E-state index is 13.0. The lowest BCUT2D eigenvalue weighted by Gasteiger charge is -2.25. The molecule has 0 aliphatic heterocycles. The van der Waals surface area contributed by atoms with Crippen LogP contribution in [0.5, 0.6) is 0 Å². The van der Waals surface area contributed by atoms with Gasteiger partial charge in [0.05, 0.1) is 0 Å². The molecule has 0 aliphatic carbocycles. The van der Waals surface area contributed by atoms with Crippen LogP contribution < -0.4 is 5.32 Å². The third kappa shape index (κ3) is 5.49. The Hall–Kier alpha value is -0.410. The first-order chi connectivity index (χ1) is 8.44. The lowest BCUT2D eigenvalue weighted by atomic mass is 9.82. The Bertz CT molecular complexity index is 377. The smallest absolute Gasteiger partial charge is 0.124 e. The number of rotatable bonds is 7. The first-order valence-corrected chi connectivity index (χ1v) is 7.38. The van der Waals surface area contributed by atoms with Crippen LogP contribution in [0.1, 0.15) is 39.2 Å². The van der Waals surface area contributed by atoms with Crippen molar-refractivity contribution in [1.29, 1.82) is 0 Å². The van der Waals surface area contributed by atoms with Gasteiger partial charge in [-0.25, -0.2) is 4.39 Å². The van der Waals surface area contributed by atoms with Gasteiger partial charge in [-0.2, -0.15) is 0 Å². The van der Waals surface area contributed by atoms with E-state index < -0.39 is 0 Å². The minimum absolute atomic E-state index is 0.187. The molecule has 3 heteroatoms. The van der Waals surface area contributed by atoms with Gasteiger partial charge in [0.15, 0.2) is 0 Å². The number of nitrogens with one attached hydrogen (secondary N) is 1. The third-order valence-corrected chi connectivity index (χ3v) is 3.83. The molecular weight excluding hydrogens is 293 g/mol. The molecule has 0 bridgehead atoms. The highest BCUT2D eigenvalue weighted by molar-refractivity contribution is 9.10. The van der Waals surface area contributed by atoms with Gasteiger partial charge in [-0.3, -0.25) is 0 Å². The Kier molecular flexibility index (Phi) is 6.30. The van der Waals surface area contributed by atoms with E-state index in [-0.39, 0.29) is 11.2 Å². The number of benzene rings is 1. The van der Waals surface area contributed by atoms with E-state index in [9.17, 15) is 4.39 Å². The first kappa shape index (κ1) is 15.6. The molecule has 0 aromatic heterocycles. The van der Waals surface area contributed by atoms with Crippen molar-refractivity contribution in [1.82, 2.24) is 5.32 Å². The molecule has 0 saturated heterocycles.